The van der Waals surface area contributed by atoms with E-state index in [1.807, 2.05) is 20.8 Å². The summed E-state index contributed by atoms with van der Waals surface area (Å²) in [7, 11) is 0. The van der Waals surface area contributed by atoms with Crippen molar-refractivity contribution in [2.24, 2.45) is 29.6 Å². The molecule has 2 N–H and O–H groups in total. The molecule has 1 heterocycles. The molecule has 0 aromatic rings. The molecule has 0 radical (unpaired) electrons. The number of carbonyl (C=O) groups is 2. The predicted molar refractivity (Wildman–Crippen MR) is 125 cm³/mol. The van der Waals surface area contributed by atoms with E-state index < -0.39 is 24.1 Å². The molecule has 0 aliphatic carbocycles. The van der Waals surface area contributed by atoms with Crippen LogP contribution in [0.4, 0.5) is 0 Å². The van der Waals surface area contributed by atoms with E-state index in [0.29, 0.717) is 30.6 Å². The molecule has 0 saturated heterocycles. The van der Waals surface area contributed by atoms with Crippen molar-refractivity contribution in [2.75, 3.05) is 0 Å². The van der Waals surface area contributed by atoms with Crippen molar-refractivity contribution < 1.29 is 24.5 Å². The first kappa shape index (κ1) is 27.4. The second-order valence-corrected chi connectivity index (χ2v) is 10.1. The van der Waals surface area contributed by atoms with Crippen LogP contribution in [0.5, 0.6) is 0 Å². The van der Waals surface area contributed by atoms with E-state index in [1.54, 1.807) is 6.92 Å². The predicted octanol–water partition coefficient (Wildman–Crippen LogP) is 5.77. The Morgan fingerprint density at radius 1 is 1.03 bits per heavy atom. The number of cyclic esters (lactones) is 1. The van der Waals surface area contributed by atoms with Gasteiger partial charge in [0.2, 0.25) is 0 Å². The number of carboxylic acids is 1. The third-order valence-corrected chi connectivity index (χ3v) is 6.50. The van der Waals surface area contributed by atoms with E-state index in [1.165, 1.54) is 0 Å². The van der Waals surface area contributed by atoms with Crippen molar-refractivity contribution in [3.05, 3.63) is 23.3 Å². The number of allylic oxidation sites excluding steroid dienone is 3. The number of carboxylic acid groups (broad SMARTS) is 1. The van der Waals surface area contributed by atoms with Gasteiger partial charge in [0.05, 0.1) is 17.9 Å². The van der Waals surface area contributed by atoms with Crippen LogP contribution in [0.1, 0.15) is 87.0 Å². The Bertz CT molecular complexity index is 650. The van der Waals surface area contributed by atoms with Crippen molar-refractivity contribution >= 4 is 11.9 Å². The number of ether oxygens (including phenoxy) is 1. The molecule has 0 bridgehead atoms. The normalized spacial score (nSPS) is 37.2. The fraction of sp³-hybridized carbons (Fsp3) is 0.769. The maximum atomic E-state index is 12.7. The van der Waals surface area contributed by atoms with Gasteiger partial charge in [0.1, 0.15) is 6.10 Å². The van der Waals surface area contributed by atoms with Crippen LogP contribution in [0, 0.1) is 29.6 Å². The highest BCUT2D eigenvalue weighted by Crippen LogP contribution is 2.26. The molecular weight excluding hydrogens is 392 g/mol. The Morgan fingerprint density at radius 2 is 1.68 bits per heavy atom. The first-order valence-electron chi connectivity index (χ1n) is 11.9. The average Bonchev–Trinajstić information content (AvgIpc) is 2.67. The van der Waals surface area contributed by atoms with Gasteiger partial charge in [-0.3, -0.25) is 9.59 Å². The van der Waals surface area contributed by atoms with Crippen LogP contribution in [-0.2, 0) is 14.3 Å². The van der Waals surface area contributed by atoms with E-state index in [-0.39, 0.29) is 11.9 Å². The molecule has 0 spiro atoms. The standard InChI is InChI=1S/C26H44O5/c1-16-8-10-23(27)20(5)14-18(3)13-17(2)9-11-24(22(7)25(28)29)31-26(30)21(6)15-19(4)12-16/h12,14,16-18,21-24,27H,8-11,13,15H2,1-7H3,(H,28,29)/b19-12+,20-14+/t16-,17+,18-,21+,22-,23-,24+/m1/s1. The SMILES string of the molecule is C/C1=C\[C@H](C)CC[C@@H](O)/C(C)=C/[C@H](C)C[C@@H](C)CC[C@@H]([C@@H](C)C(=O)O)OC(=O)[C@@H](C)C1. The van der Waals surface area contributed by atoms with Crippen molar-refractivity contribution in [1.29, 1.82) is 0 Å². The lowest BCUT2D eigenvalue weighted by Gasteiger charge is -2.25. The average molecular weight is 437 g/mol. The molecule has 7 atom stereocenters. The molecule has 0 unspecified atom stereocenters. The number of carbonyl (C=O) groups excluding carboxylic acids is 1. The molecule has 1 aliphatic heterocycles. The van der Waals surface area contributed by atoms with Gasteiger partial charge in [-0.25, -0.2) is 0 Å². The maximum absolute atomic E-state index is 12.7. The third-order valence-electron chi connectivity index (χ3n) is 6.50. The minimum atomic E-state index is -0.939. The first-order valence-corrected chi connectivity index (χ1v) is 11.9. The van der Waals surface area contributed by atoms with E-state index in [9.17, 15) is 19.8 Å². The van der Waals surface area contributed by atoms with Crippen LogP contribution in [0.2, 0.25) is 0 Å². The first-order chi connectivity index (χ1) is 14.4. The van der Waals surface area contributed by atoms with Crippen molar-refractivity contribution in [1.82, 2.24) is 0 Å². The summed E-state index contributed by atoms with van der Waals surface area (Å²) in [5, 5.41) is 20.0. The minimum Gasteiger partial charge on any atom is -0.481 e. The van der Waals surface area contributed by atoms with Gasteiger partial charge in [-0.1, -0.05) is 45.4 Å². The van der Waals surface area contributed by atoms with E-state index >= 15 is 0 Å². The summed E-state index contributed by atoms with van der Waals surface area (Å²) < 4.78 is 5.72. The highest BCUT2D eigenvalue weighted by Gasteiger charge is 2.29. The Kier molecular flexibility index (Phi) is 11.5. The van der Waals surface area contributed by atoms with Gasteiger partial charge >= 0.3 is 11.9 Å². The lowest BCUT2D eigenvalue weighted by atomic mass is 9.88. The van der Waals surface area contributed by atoms with Gasteiger partial charge in [0.15, 0.2) is 0 Å². The number of aliphatic hydroxyl groups excluding tert-OH is 1. The molecule has 1 rings (SSSR count). The monoisotopic (exact) mass is 436 g/mol. The maximum Gasteiger partial charge on any atom is 0.309 e. The molecule has 1 aliphatic rings. The molecule has 178 valence electrons. The van der Waals surface area contributed by atoms with Gasteiger partial charge in [-0.05, 0) is 82.6 Å². The van der Waals surface area contributed by atoms with Crippen LogP contribution in [0.3, 0.4) is 0 Å². The van der Waals surface area contributed by atoms with E-state index in [0.717, 1.165) is 36.8 Å². The highest BCUT2D eigenvalue weighted by molar-refractivity contribution is 5.74. The minimum absolute atomic E-state index is 0.307. The largest absolute Gasteiger partial charge is 0.481 e. The summed E-state index contributed by atoms with van der Waals surface area (Å²) in [6.45, 7) is 13.9. The van der Waals surface area contributed by atoms with E-state index in [2.05, 4.69) is 32.9 Å². The lowest BCUT2D eigenvalue weighted by Crippen LogP contribution is -2.33. The molecule has 0 aromatic heterocycles. The molecule has 5 heteroatoms. The Labute approximate surface area is 189 Å². The summed E-state index contributed by atoms with van der Waals surface area (Å²) in [6, 6.07) is 0. The zero-order chi connectivity index (χ0) is 23.7. The van der Waals surface area contributed by atoms with Crippen LogP contribution < -0.4 is 0 Å². The van der Waals surface area contributed by atoms with Crippen molar-refractivity contribution in [3.63, 3.8) is 0 Å². The fourth-order valence-corrected chi connectivity index (χ4v) is 4.52. The summed E-state index contributed by atoms with van der Waals surface area (Å²) in [5.74, 6) is -1.33. The molecular formula is C26H44O5. The van der Waals surface area contributed by atoms with Crippen molar-refractivity contribution in [2.45, 2.75) is 99.2 Å². The second-order valence-electron chi connectivity index (χ2n) is 10.1. The van der Waals surface area contributed by atoms with Gasteiger partial charge in [-0.15, -0.1) is 0 Å². The highest BCUT2D eigenvalue weighted by atomic mass is 16.5. The smallest absolute Gasteiger partial charge is 0.309 e. The summed E-state index contributed by atoms with van der Waals surface area (Å²) in [6.07, 6.45) is 7.75. The van der Waals surface area contributed by atoms with Crippen LogP contribution in [0.25, 0.3) is 0 Å². The van der Waals surface area contributed by atoms with Gasteiger partial charge in [-0.2, -0.15) is 0 Å². The molecule has 0 saturated carbocycles. The molecule has 0 fully saturated rings. The molecule has 0 amide bonds. The van der Waals surface area contributed by atoms with Gasteiger partial charge in [0, 0.05) is 0 Å². The quantitative estimate of drug-likeness (QED) is 0.424. The Balaban J connectivity index is 3.08. The zero-order valence-electron chi connectivity index (χ0n) is 20.6. The van der Waals surface area contributed by atoms with Gasteiger partial charge < -0.3 is 14.9 Å². The third kappa shape index (κ3) is 10.0. The number of hydrogen-bond acceptors (Lipinski definition) is 4. The number of aliphatic carboxylic acids is 1. The van der Waals surface area contributed by atoms with Crippen LogP contribution in [-0.4, -0.2) is 34.4 Å². The molecule has 5 nitrogen and oxygen atoms in total. The second kappa shape index (κ2) is 13.0. The topological polar surface area (TPSA) is 83.8 Å². The van der Waals surface area contributed by atoms with Gasteiger partial charge in [0.25, 0.3) is 0 Å². The Hall–Kier alpha value is -1.62. The summed E-state index contributed by atoms with van der Waals surface area (Å²) in [5.41, 5.74) is 2.14. The molecule has 0 aromatic carbocycles. The zero-order valence-corrected chi connectivity index (χ0v) is 20.6. The van der Waals surface area contributed by atoms with Crippen molar-refractivity contribution in [3.8, 4) is 0 Å². The summed E-state index contributed by atoms with van der Waals surface area (Å²) >= 11 is 0. The fourth-order valence-electron chi connectivity index (χ4n) is 4.52. The summed E-state index contributed by atoms with van der Waals surface area (Å²) in [4.78, 5) is 24.3. The number of rotatable bonds is 2. The Morgan fingerprint density at radius 3 is 2.29 bits per heavy atom. The number of aliphatic hydroxyl groups is 1. The van der Waals surface area contributed by atoms with Crippen LogP contribution >= 0.6 is 0 Å². The molecule has 31 heavy (non-hydrogen) atoms. The van der Waals surface area contributed by atoms with Crippen LogP contribution in [0.15, 0.2) is 23.3 Å². The number of esters is 1. The lowest BCUT2D eigenvalue weighted by molar-refractivity contribution is -0.161. The number of hydrogen-bond donors (Lipinski definition) is 2. The van der Waals surface area contributed by atoms with E-state index in [4.69, 9.17) is 4.74 Å².